The standard InChI is InChI=1S/C16H25N3O/c1-3-19(11-13-7-6-8-13)12(2)16(20)18-15-10-5-4-9-14(15)17/h4-5,9-10,12-13H,3,6-8,11,17H2,1-2H3,(H,18,20). The molecule has 0 heterocycles. The minimum absolute atomic E-state index is 0.0177. The molecule has 1 amide bonds. The summed E-state index contributed by atoms with van der Waals surface area (Å²) >= 11 is 0. The van der Waals surface area contributed by atoms with Crippen molar-refractivity contribution in [3.63, 3.8) is 0 Å². The highest BCUT2D eigenvalue weighted by Crippen LogP contribution is 2.27. The van der Waals surface area contributed by atoms with Crippen LogP contribution in [0.15, 0.2) is 24.3 Å². The molecule has 110 valence electrons. The summed E-state index contributed by atoms with van der Waals surface area (Å²) in [6.07, 6.45) is 3.94. The van der Waals surface area contributed by atoms with Gasteiger partial charge in [-0.2, -0.15) is 0 Å². The van der Waals surface area contributed by atoms with Gasteiger partial charge in [0.2, 0.25) is 5.91 Å². The van der Waals surface area contributed by atoms with Crippen molar-refractivity contribution in [1.29, 1.82) is 0 Å². The molecular weight excluding hydrogens is 250 g/mol. The lowest BCUT2D eigenvalue weighted by molar-refractivity contribution is -0.121. The molecule has 0 aliphatic heterocycles. The zero-order valence-electron chi connectivity index (χ0n) is 12.4. The van der Waals surface area contributed by atoms with Gasteiger partial charge >= 0.3 is 0 Å². The first kappa shape index (κ1) is 14.9. The summed E-state index contributed by atoms with van der Waals surface area (Å²) in [5, 5.41) is 2.93. The second kappa shape index (κ2) is 6.75. The number of nitrogens with two attached hydrogens (primary N) is 1. The van der Waals surface area contributed by atoms with Gasteiger partial charge in [0.15, 0.2) is 0 Å². The number of rotatable bonds is 6. The number of nitrogen functional groups attached to an aromatic ring is 1. The van der Waals surface area contributed by atoms with Crippen molar-refractivity contribution in [3.05, 3.63) is 24.3 Å². The van der Waals surface area contributed by atoms with E-state index in [-0.39, 0.29) is 11.9 Å². The third-order valence-corrected chi connectivity index (χ3v) is 4.27. The van der Waals surface area contributed by atoms with Crippen LogP contribution in [0.5, 0.6) is 0 Å². The monoisotopic (exact) mass is 275 g/mol. The summed E-state index contributed by atoms with van der Waals surface area (Å²) < 4.78 is 0. The van der Waals surface area contributed by atoms with E-state index in [2.05, 4.69) is 17.1 Å². The van der Waals surface area contributed by atoms with Gasteiger partial charge in [0.25, 0.3) is 0 Å². The van der Waals surface area contributed by atoms with Gasteiger partial charge in [-0.1, -0.05) is 25.5 Å². The Balaban J connectivity index is 1.94. The normalized spacial score (nSPS) is 16.8. The van der Waals surface area contributed by atoms with Gasteiger partial charge < -0.3 is 11.1 Å². The molecule has 0 radical (unpaired) electrons. The summed E-state index contributed by atoms with van der Waals surface area (Å²) in [5.41, 5.74) is 7.17. The van der Waals surface area contributed by atoms with Crippen LogP contribution >= 0.6 is 0 Å². The van der Waals surface area contributed by atoms with Crippen molar-refractivity contribution < 1.29 is 4.79 Å². The van der Waals surface area contributed by atoms with E-state index in [1.165, 1.54) is 19.3 Å². The van der Waals surface area contributed by atoms with E-state index in [0.29, 0.717) is 11.4 Å². The number of para-hydroxylation sites is 2. The Bertz CT molecular complexity index is 457. The van der Waals surface area contributed by atoms with Crippen LogP contribution < -0.4 is 11.1 Å². The zero-order chi connectivity index (χ0) is 14.5. The maximum atomic E-state index is 12.3. The van der Waals surface area contributed by atoms with E-state index in [1.807, 2.05) is 25.1 Å². The van der Waals surface area contributed by atoms with Gasteiger partial charge in [0, 0.05) is 6.54 Å². The molecule has 1 aliphatic carbocycles. The van der Waals surface area contributed by atoms with E-state index in [1.54, 1.807) is 6.07 Å². The molecule has 2 rings (SSSR count). The molecule has 0 saturated heterocycles. The molecule has 4 heteroatoms. The average Bonchev–Trinajstić information content (AvgIpc) is 2.40. The van der Waals surface area contributed by atoms with Crippen LogP contribution in [0.4, 0.5) is 11.4 Å². The van der Waals surface area contributed by atoms with E-state index in [4.69, 9.17) is 5.73 Å². The van der Waals surface area contributed by atoms with Gasteiger partial charge in [-0.25, -0.2) is 0 Å². The van der Waals surface area contributed by atoms with Crippen molar-refractivity contribution in [2.45, 2.75) is 39.2 Å². The molecule has 0 bridgehead atoms. The smallest absolute Gasteiger partial charge is 0.241 e. The lowest BCUT2D eigenvalue weighted by Gasteiger charge is -2.34. The summed E-state index contributed by atoms with van der Waals surface area (Å²) in [5.74, 6) is 0.788. The minimum Gasteiger partial charge on any atom is -0.397 e. The number of nitrogens with zero attached hydrogens (tertiary/aromatic N) is 1. The Kier molecular flexibility index (Phi) is 5.01. The maximum Gasteiger partial charge on any atom is 0.241 e. The highest BCUT2D eigenvalue weighted by molar-refractivity contribution is 5.97. The van der Waals surface area contributed by atoms with E-state index in [0.717, 1.165) is 19.0 Å². The van der Waals surface area contributed by atoms with Crippen molar-refractivity contribution >= 4 is 17.3 Å². The molecule has 4 nitrogen and oxygen atoms in total. The second-order valence-corrected chi connectivity index (χ2v) is 5.64. The number of benzene rings is 1. The van der Waals surface area contributed by atoms with Crippen molar-refractivity contribution in [2.24, 2.45) is 5.92 Å². The predicted molar refractivity (Wildman–Crippen MR) is 83.5 cm³/mol. The predicted octanol–water partition coefficient (Wildman–Crippen LogP) is 2.72. The van der Waals surface area contributed by atoms with Crippen LogP contribution in [-0.4, -0.2) is 29.9 Å². The molecule has 1 fully saturated rings. The molecular formula is C16H25N3O. The first-order chi connectivity index (χ1) is 9.61. The van der Waals surface area contributed by atoms with Crippen molar-refractivity contribution in [3.8, 4) is 0 Å². The second-order valence-electron chi connectivity index (χ2n) is 5.64. The third kappa shape index (κ3) is 3.51. The average molecular weight is 275 g/mol. The molecule has 1 saturated carbocycles. The SMILES string of the molecule is CCN(CC1CCC1)C(C)C(=O)Nc1ccccc1N. The highest BCUT2D eigenvalue weighted by Gasteiger charge is 2.26. The number of nitrogens with one attached hydrogen (secondary N) is 1. The first-order valence-electron chi connectivity index (χ1n) is 7.51. The largest absolute Gasteiger partial charge is 0.397 e. The summed E-state index contributed by atoms with van der Waals surface area (Å²) in [6, 6.07) is 7.25. The quantitative estimate of drug-likeness (QED) is 0.785. The number of hydrogen-bond donors (Lipinski definition) is 2. The fourth-order valence-electron chi connectivity index (χ4n) is 2.58. The van der Waals surface area contributed by atoms with Gasteiger partial charge in [0.1, 0.15) is 0 Å². The molecule has 0 aromatic heterocycles. The van der Waals surface area contributed by atoms with Crippen molar-refractivity contribution in [1.82, 2.24) is 4.90 Å². The lowest BCUT2D eigenvalue weighted by Crippen LogP contribution is -2.45. The molecule has 1 aromatic rings. The van der Waals surface area contributed by atoms with Gasteiger partial charge in [-0.3, -0.25) is 9.69 Å². The van der Waals surface area contributed by atoms with E-state index < -0.39 is 0 Å². The first-order valence-corrected chi connectivity index (χ1v) is 7.51. The number of hydrogen-bond acceptors (Lipinski definition) is 3. The molecule has 20 heavy (non-hydrogen) atoms. The third-order valence-electron chi connectivity index (χ3n) is 4.27. The Hall–Kier alpha value is -1.55. The van der Waals surface area contributed by atoms with Crippen LogP contribution in [0, 0.1) is 5.92 Å². The fraction of sp³-hybridized carbons (Fsp3) is 0.562. The molecule has 1 atom stereocenters. The topological polar surface area (TPSA) is 58.4 Å². The summed E-state index contributed by atoms with van der Waals surface area (Å²) in [6.45, 7) is 6.00. The number of amides is 1. The molecule has 1 unspecified atom stereocenters. The van der Waals surface area contributed by atoms with Crippen LogP contribution in [0.1, 0.15) is 33.1 Å². The maximum absolute atomic E-state index is 12.3. The van der Waals surface area contributed by atoms with Gasteiger partial charge in [0.05, 0.1) is 17.4 Å². The van der Waals surface area contributed by atoms with Crippen LogP contribution in [0.3, 0.4) is 0 Å². The van der Waals surface area contributed by atoms with Crippen LogP contribution in [0.2, 0.25) is 0 Å². The Morgan fingerprint density at radius 2 is 2.15 bits per heavy atom. The summed E-state index contributed by atoms with van der Waals surface area (Å²) in [4.78, 5) is 14.6. The number of carbonyl (C=O) groups is 1. The molecule has 1 aliphatic rings. The molecule has 1 aromatic carbocycles. The number of carbonyl (C=O) groups excluding carboxylic acids is 1. The zero-order valence-corrected chi connectivity index (χ0v) is 12.4. The van der Waals surface area contributed by atoms with Gasteiger partial charge in [-0.05, 0) is 44.4 Å². The number of likely N-dealkylation sites (N-methyl/N-ethyl adjacent to an activating group) is 1. The molecule has 3 N–H and O–H groups in total. The fourth-order valence-corrected chi connectivity index (χ4v) is 2.58. The summed E-state index contributed by atoms with van der Waals surface area (Å²) in [7, 11) is 0. The van der Waals surface area contributed by atoms with Crippen LogP contribution in [-0.2, 0) is 4.79 Å². The number of anilines is 2. The molecule has 0 spiro atoms. The van der Waals surface area contributed by atoms with E-state index in [9.17, 15) is 4.79 Å². The van der Waals surface area contributed by atoms with E-state index >= 15 is 0 Å². The lowest BCUT2D eigenvalue weighted by atomic mass is 9.85. The van der Waals surface area contributed by atoms with Crippen LogP contribution in [0.25, 0.3) is 0 Å². The highest BCUT2D eigenvalue weighted by atomic mass is 16.2. The Morgan fingerprint density at radius 1 is 1.45 bits per heavy atom. The van der Waals surface area contributed by atoms with Crippen molar-refractivity contribution in [2.75, 3.05) is 24.1 Å². The van der Waals surface area contributed by atoms with Gasteiger partial charge in [-0.15, -0.1) is 0 Å². The minimum atomic E-state index is -0.125. The Labute approximate surface area is 121 Å². The Morgan fingerprint density at radius 3 is 2.70 bits per heavy atom.